The Morgan fingerprint density at radius 2 is 1.70 bits per heavy atom. The lowest BCUT2D eigenvalue weighted by Crippen LogP contribution is -2.44. The molecule has 152 valence electrons. The van der Waals surface area contributed by atoms with Crippen molar-refractivity contribution >= 4 is 16.7 Å². The second-order valence-corrected chi connectivity index (χ2v) is 7.89. The minimum absolute atomic E-state index is 0.852. The number of H-pyrrole nitrogens is 1. The molecule has 1 saturated heterocycles. The van der Waals surface area contributed by atoms with Gasteiger partial charge in [-0.25, -0.2) is 4.98 Å². The largest absolute Gasteiger partial charge is 0.497 e. The van der Waals surface area contributed by atoms with Gasteiger partial charge >= 0.3 is 0 Å². The molecule has 1 N–H and O–H groups in total. The number of anilines is 1. The first-order valence-corrected chi connectivity index (χ1v) is 10.4. The number of nitrogens with zero attached hydrogens (tertiary/aromatic N) is 3. The summed E-state index contributed by atoms with van der Waals surface area (Å²) in [5, 5.41) is 1.11. The molecule has 0 bridgehead atoms. The van der Waals surface area contributed by atoms with E-state index >= 15 is 0 Å². The first-order valence-electron chi connectivity index (χ1n) is 10.4. The molecule has 3 heterocycles. The molecule has 0 saturated carbocycles. The van der Waals surface area contributed by atoms with Crippen LogP contribution >= 0.6 is 0 Å². The minimum Gasteiger partial charge on any atom is -0.497 e. The molecule has 30 heavy (non-hydrogen) atoms. The third kappa shape index (κ3) is 3.53. The van der Waals surface area contributed by atoms with E-state index < -0.39 is 0 Å². The lowest BCUT2D eigenvalue weighted by Gasteiger charge is -2.34. The van der Waals surface area contributed by atoms with Crippen LogP contribution in [-0.4, -0.2) is 55.2 Å². The summed E-state index contributed by atoms with van der Waals surface area (Å²) in [6.45, 7) is 4.39. The van der Waals surface area contributed by atoms with E-state index in [1.807, 2.05) is 24.5 Å². The Hall–Kier alpha value is -3.31. The fourth-order valence-electron chi connectivity index (χ4n) is 4.12. The van der Waals surface area contributed by atoms with Gasteiger partial charge in [-0.3, -0.25) is 0 Å². The lowest BCUT2D eigenvalue weighted by molar-refractivity contribution is 0.313. The summed E-state index contributed by atoms with van der Waals surface area (Å²) in [7, 11) is 3.88. The van der Waals surface area contributed by atoms with Crippen molar-refractivity contribution in [1.29, 1.82) is 0 Å². The average Bonchev–Trinajstić information content (AvgIpc) is 3.23. The van der Waals surface area contributed by atoms with Crippen molar-refractivity contribution in [2.24, 2.45) is 0 Å². The number of aromatic amines is 1. The number of hydrogen-bond acceptors (Lipinski definition) is 4. The molecular weight excluding hydrogens is 372 g/mol. The predicted molar refractivity (Wildman–Crippen MR) is 123 cm³/mol. The van der Waals surface area contributed by atoms with Crippen molar-refractivity contribution in [3.05, 3.63) is 67.0 Å². The van der Waals surface area contributed by atoms with Gasteiger partial charge in [-0.05, 0) is 48.5 Å². The van der Waals surface area contributed by atoms with Gasteiger partial charge in [-0.15, -0.1) is 0 Å². The zero-order valence-electron chi connectivity index (χ0n) is 17.4. The first kappa shape index (κ1) is 18.7. The number of hydrogen-bond donors (Lipinski definition) is 1. The number of likely N-dealkylation sites (N-methyl/N-ethyl adjacent to an activating group) is 1. The van der Waals surface area contributed by atoms with Crippen molar-refractivity contribution in [2.75, 3.05) is 45.2 Å². The van der Waals surface area contributed by atoms with Crippen molar-refractivity contribution in [3.8, 4) is 28.0 Å². The van der Waals surface area contributed by atoms with Crippen LogP contribution in [0.15, 0.2) is 67.0 Å². The first-order chi connectivity index (χ1) is 14.7. The molecule has 0 spiro atoms. The molecule has 0 unspecified atom stereocenters. The molecule has 5 heteroatoms. The van der Waals surface area contributed by atoms with E-state index in [9.17, 15) is 0 Å². The topological polar surface area (TPSA) is 44.4 Å². The van der Waals surface area contributed by atoms with Crippen LogP contribution in [-0.2, 0) is 0 Å². The van der Waals surface area contributed by atoms with Crippen LogP contribution in [0.4, 0.5) is 5.69 Å². The van der Waals surface area contributed by atoms with E-state index in [-0.39, 0.29) is 0 Å². The fourth-order valence-corrected chi connectivity index (χ4v) is 4.12. The van der Waals surface area contributed by atoms with Crippen LogP contribution in [0, 0.1) is 0 Å². The number of fused-ring (bicyclic) bond motifs is 1. The van der Waals surface area contributed by atoms with Gasteiger partial charge in [0.15, 0.2) is 0 Å². The number of aromatic nitrogens is 2. The second-order valence-electron chi connectivity index (χ2n) is 7.89. The van der Waals surface area contributed by atoms with Crippen LogP contribution in [0.3, 0.4) is 0 Å². The van der Waals surface area contributed by atoms with Gasteiger partial charge in [0.2, 0.25) is 0 Å². The molecule has 2 aromatic carbocycles. The minimum atomic E-state index is 0.852. The molecule has 5 nitrogen and oxygen atoms in total. The lowest BCUT2D eigenvalue weighted by atomic mass is 10.0. The zero-order chi connectivity index (χ0) is 20.5. The number of pyridine rings is 1. The molecule has 1 fully saturated rings. The Balaban J connectivity index is 1.46. The molecule has 0 aliphatic carbocycles. The Labute approximate surface area is 176 Å². The van der Waals surface area contributed by atoms with Crippen molar-refractivity contribution in [1.82, 2.24) is 14.9 Å². The second kappa shape index (κ2) is 7.84. The van der Waals surface area contributed by atoms with Gasteiger partial charge in [-0.2, -0.15) is 0 Å². The Morgan fingerprint density at radius 3 is 2.47 bits per heavy atom. The number of rotatable bonds is 4. The van der Waals surface area contributed by atoms with E-state index in [1.54, 1.807) is 7.11 Å². The van der Waals surface area contributed by atoms with Crippen molar-refractivity contribution in [3.63, 3.8) is 0 Å². The third-order valence-corrected chi connectivity index (χ3v) is 5.98. The summed E-state index contributed by atoms with van der Waals surface area (Å²) in [6.07, 6.45) is 3.96. The van der Waals surface area contributed by atoms with E-state index in [1.165, 1.54) is 11.3 Å². The van der Waals surface area contributed by atoms with Gasteiger partial charge in [0.1, 0.15) is 11.4 Å². The number of methoxy groups -OCH3 is 1. The fraction of sp³-hybridized carbons (Fsp3) is 0.240. The summed E-state index contributed by atoms with van der Waals surface area (Å²) in [5.41, 5.74) is 6.73. The van der Waals surface area contributed by atoms with Crippen LogP contribution in [0.25, 0.3) is 33.3 Å². The molecule has 5 rings (SSSR count). The molecule has 2 aromatic heterocycles. The summed E-state index contributed by atoms with van der Waals surface area (Å²) >= 11 is 0. The third-order valence-electron chi connectivity index (χ3n) is 5.98. The zero-order valence-corrected chi connectivity index (χ0v) is 17.4. The highest BCUT2D eigenvalue weighted by Gasteiger charge is 2.14. The smallest absolute Gasteiger partial charge is 0.137 e. The maximum absolute atomic E-state index is 5.39. The van der Waals surface area contributed by atoms with Gasteiger partial charge in [0.25, 0.3) is 0 Å². The number of nitrogens with one attached hydrogen (secondary N) is 1. The normalized spacial score (nSPS) is 14.9. The highest BCUT2D eigenvalue weighted by Crippen LogP contribution is 2.33. The van der Waals surface area contributed by atoms with Gasteiger partial charge in [-0.1, -0.05) is 24.3 Å². The standard InChI is InChI=1S/C25H26N4O/c1-28-10-12-29(13-11-28)21-8-6-18(7-9-21)20-15-23-24(17-27-25(23)26-16-20)19-4-3-5-22(14-19)30-2/h3-9,14-17H,10-13H2,1-2H3,(H,26,27). The van der Waals surface area contributed by atoms with Crippen molar-refractivity contribution in [2.45, 2.75) is 0 Å². The SMILES string of the molecule is COc1cccc(-c2c[nH]c3ncc(-c4ccc(N5CCN(C)CC5)cc4)cc23)c1. The molecule has 0 amide bonds. The molecule has 0 atom stereocenters. The summed E-state index contributed by atoms with van der Waals surface area (Å²) in [4.78, 5) is 12.8. The quantitative estimate of drug-likeness (QED) is 0.543. The van der Waals surface area contributed by atoms with Gasteiger partial charge in [0, 0.05) is 60.8 Å². The molecule has 1 aliphatic heterocycles. The predicted octanol–water partition coefficient (Wildman–Crippen LogP) is 4.66. The Bertz CT molecular complexity index is 1160. The van der Waals surface area contributed by atoms with Crippen LogP contribution in [0.5, 0.6) is 5.75 Å². The number of benzene rings is 2. The summed E-state index contributed by atoms with van der Waals surface area (Å²) in [5.74, 6) is 0.852. The van der Waals surface area contributed by atoms with E-state index in [2.05, 4.69) is 69.3 Å². The summed E-state index contributed by atoms with van der Waals surface area (Å²) < 4.78 is 5.39. The number of piperazine rings is 1. The highest BCUT2D eigenvalue weighted by molar-refractivity contribution is 5.96. The highest BCUT2D eigenvalue weighted by atomic mass is 16.5. The Morgan fingerprint density at radius 1 is 0.900 bits per heavy atom. The Kier molecular flexibility index (Phi) is 4.89. The molecule has 4 aromatic rings. The van der Waals surface area contributed by atoms with Gasteiger partial charge in [0.05, 0.1) is 7.11 Å². The molecule has 1 aliphatic rings. The molecule has 0 radical (unpaired) electrons. The van der Waals surface area contributed by atoms with E-state index in [0.29, 0.717) is 0 Å². The number of ether oxygens (including phenoxy) is 1. The monoisotopic (exact) mass is 398 g/mol. The van der Waals surface area contributed by atoms with E-state index in [4.69, 9.17) is 4.74 Å². The van der Waals surface area contributed by atoms with Gasteiger partial charge < -0.3 is 19.5 Å². The molecular formula is C25H26N4O. The van der Waals surface area contributed by atoms with E-state index in [0.717, 1.165) is 59.7 Å². The maximum atomic E-state index is 5.39. The average molecular weight is 399 g/mol. The van der Waals surface area contributed by atoms with Crippen molar-refractivity contribution < 1.29 is 4.74 Å². The van der Waals surface area contributed by atoms with Crippen LogP contribution in [0.1, 0.15) is 0 Å². The van der Waals surface area contributed by atoms with Crippen LogP contribution in [0.2, 0.25) is 0 Å². The maximum Gasteiger partial charge on any atom is 0.137 e. The summed E-state index contributed by atoms with van der Waals surface area (Å²) in [6, 6.07) is 19.2. The van der Waals surface area contributed by atoms with Crippen LogP contribution < -0.4 is 9.64 Å².